The maximum atomic E-state index is 14.0. The van der Waals surface area contributed by atoms with E-state index in [2.05, 4.69) is 16.7 Å². The van der Waals surface area contributed by atoms with Crippen molar-refractivity contribution in [2.45, 2.75) is 31.5 Å². The Morgan fingerprint density at radius 1 is 0.946 bits per heavy atom. The van der Waals surface area contributed by atoms with Gasteiger partial charge >= 0.3 is 6.18 Å². The first-order chi connectivity index (χ1) is 17.7. The number of nitrogens with zero attached hydrogens (tertiary/aromatic N) is 2. The topological polar surface area (TPSA) is 34.2 Å². The summed E-state index contributed by atoms with van der Waals surface area (Å²) in [7, 11) is 0. The van der Waals surface area contributed by atoms with Crippen molar-refractivity contribution in [1.29, 1.82) is 0 Å². The van der Waals surface area contributed by atoms with Crippen LogP contribution in [0.3, 0.4) is 0 Å². The van der Waals surface area contributed by atoms with E-state index in [9.17, 15) is 22.0 Å². The smallest absolute Gasteiger partial charge is 0.379 e. The molecule has 0 amide bonds. The first-order valence-electron chi connectivity index (χ1n) is 12.1. The molecule has 5 nitrogen and oxygen atoms in total. The van der Waals surface area contributed by atoms with Gasteiger partial charge < -0.3 is 14.2 Å². The lowest BCUT2D eigenvalue weighted by Crippen LogP contribution is -2.47. The van der Waals surface area contributed by atoms with Crippen LogP contribution in [0.1, 0.15) is 35.8 Å². The van der Waals surface area contributed by atoms with Gasteiger partial charge in [-0.3, -0.25) is 9.80 Å². The molecule has 0 spiro atoms. The van der Waals surface area contributed by atoms with Crippen molar-refractivity contribution < 1.29 is 36.2 Å². The third-order valence-corrected chi connectivity index (χ3v) is 6.39. The summed E-state index contributed by atoms with van der Waals surface area (Å²) in [4.78, 5) is 4.24. The maximum absolute atomic E-state index is 14.0. The predicted molar refractivity (Wildman–Crippen MR) is 126 cm³/mol. The molecular weight excluding hydrogens is 495 g/mol. The highest BCUT2D eigenvalue weighted by Gasteiger charge is 2.36. The van der Waals surface area contributed by atoms with E-state index in [4.69, 9.17) is 14.2 Å². The van der Waals surface area contributed by atoms with Gasteiger partial charge in [0.1, 0.15) is 11.6 Å². The highest BCUT2D eigenvalue weighted by atomic mass is 19.4. The van der Waals surface area contributed by atoms with Gasteiger partial charge in [-0.25, -0.2) is 8.78 Å². The molecule has 0 aromatic heterocycles. The maximum Gasteiger partial charge on any atom is 0.416 e. The standard InChI is InChI=1S/C27H29F5N2O3/c1-19(21-16-22(27(30,31)32)18-24(29)17-21)37-26-25(20-4-6-23(28)7-5-20)34(12-15-36-26)9-3-2-8-33-10-13-35-14-11-33/h4-7,16-19,25-26H,8-15H2,1H3/t19-,25+,26-/m1/s1. The Balaban J connectivity index is 1.52. The highest BCUT2D eigenvalue weighted by Crippen LogP contribution is 2.36. The summed E-state index contributed by atoms with van der Waals surface area (Å²) in [5.74, 6) is 4.96. The average molecular weight is 525 g/mol. The van der Waals surface area contributed by atoms with Crippen molar-refractivity contribution in [2.75, 3.05) is 52.5 Å². The number of rotatable bonds is 6. The fourth-order valence-corrected chi connectivity index (χ4v) is 4.38. The Bertz CT molecular complexity index is 1090. The summed E-state index contributed by atoms with van der Waals surface area (Å²) >= 11 is 0. The molecule has 2 fully saturated rings. The van der Waals surface area contributed by atoms with E-state index >= 15 is 0 Å². The van der Waals surface area contributed by atoms with Crippen LogP contribution in [0.5, 0.6) is 0 Å². The van der Waals surface area contributed by atoms with Crippen molar-refractivity contribution in [2.24, 2.45) is 0 Å². The van der Waals surface area contributed by atoms with Gasteiger partial charge in [0.25, 0.3) is 0 Å². The largest absolute Gasteiger partial charge is 0.416 e. The van der Waals surface area contributed by atoms with Crippen LogP contribution in [0.15, 0.2) is 42.5 Å². The lowest BCUT2D eigenvalue weighted by molar-refractivity contribution is -0.228. The third kappa shape index (κ3) is 7.49. The summed E-state index contributed by atoms with van der Waals surface area (Å²) in [6, 6.07) is 7.74. The number of benzene rings is 2. The predicted octanol–water partition coefficient (Wildman–Crippen LogP) is 4.80. The second-order valence-electron chi connectivity index (χ2n) is 9.00. The summed E-state index contributed by atoms with van der Waals surface area (Å²) in [5.41, 5.74) is -0.338. The Morgan fingerprint density at radius 3 is 2.35 bits per heavy atom. The molecule has 0 unspecified atom stereocenters. The van der Waals surface area contributed by atoms with Gasteiger partial charge in [-0.05, 0) is 48.4 Å². The number of hydrogen-bond acceptors (Lipinski definition) is 5. The molecule has 0 N–H and O–H groups in total. The summed E-state index contributed by atoms with van der Waals surface area (Å²) < 4.78 is 84.6. The summed E-state index contributed by atoms with van der Waals surface area (Å²) in [6.45, 7) is 6.41. The molecule has 0 radical (unpaired) electrons. The average Bonchev–Trinajstić information content (AvgIpc) is 2.87. The van der Waals surface area contributed by atoms with Gasteiger partial charge in [0.2, 0.25) is 0 Å². The van der Waals surface area contributed by atoms with E-state index < -0.39 is 41.8 Å². The fraction of sp³-hybridized carbons (Fsp3) is 0.481. The Kier molecular flexibility index (Phi) is 9.16. The minimum absolute atomic E-state index is 0.0382. The SMILES string of the molecule is C[C@@H](O[C@H]1OCCN(CC#CCN2CCOCC2)[C@H]1c1ccc(F)cc1)c1cc(F)cc(C(F)(F)F)c1. The van der Waals surface area contributed by atoms with Gasteiger partial charge in [0.05, 0.1) is 50.6 Å². The lowest BCUT2D eigenvalue weighted by atomic mass is 10.0. The van der Waals surface area contributed by atoms with Crippen LogP contribution in [0, 0.1) is 23.5 Å². The molecule has 0 saturated carbocycles. The van der Waals surface area contributed by atoms with E-state index in [0.717, 1.165) is 25.2 Å². The number of halogens is 5. The summed E-state index contributed by atoms with van der Waals surface area (Å²) in [6.07, 6.45) is -6.49. The fourth-order valence-electron chi connectivity index (χ4n) is 4.38. The molecule has 2 saturated heterocycles. The number of ether oxygens (including phenoxy) is 3. The molecule has 2 aliphatic heterocycles. The van der Waals surface area contributed by atoms with Gasteiger partial charge in [0, 0.05) is 19.6 Å². The van der Waals surface area contributed by atoms with Crippen molar-refractivity contribution in [3.8, 4) is 11.8 Å². The summed E-state index contributed by atoms with van der Waals surface area (Å²) in [5, 5.41) is 0. The highest BCUT2D eigenvalue weighted by molar-refractivity contribution is 5.28. The zero-order valence-corrected chi connectivity index (χ0v) is 20.4. The van der Waals surface area contributed by atoms with Crippen LogP contribution >= 0.6 is 0 Å². The molecule has 0 aliphatic carbocycles. The Labute approximate surface area is 213 Å². The second kappa shape index (κ2) is 12.3. The molecule has 3 atom stereocenters. The van der Waals surface area contributed by atoms with Crippen LogP contribution in [0.4, 0.5) is 22.0 Å². The van der Waals surface area contributed by atoms with E-state index in [-0.39, 0.29) is 5.56 Å². The normalized spacial score (nSPS) is 22.3. The van der Waals surface area contributed by atoms with Crippen LogP contribution in [0.2, 0.25) is 0 Å². The molecule has 200 valence electrons. The van der Waals surface area contributed by atoms with Crippen molar-refractivity contribution in [3.05, 3.63) is 70.8 Å². The number of alkyl halides is 3. The van der Waals surface area contributed by atoms with E-state index in [0.29, 0.717) is 51.1 Å². The van der Waals surface area contributed by atoms with Crippen LogP contribution < -0.4 is 0 Å². The molecule has 4 rings (SSSR count). The quantitative estimate of drug-likeness (QED) is 0.401. The van der Waals surface area contributed by atoms with Crippen molar-refractivity contribution >= 4 is 0 Å². The molecular formula is C27H29F5N2O3. The molecule has 2 aromatic carbocycles. The number of hydrogen-bond donors (Lipinski definition) is 0. The monoisotopic (exact) mass is 524 g/mol. The zero-order valence-electron chi connectivity index (χ0n) is 20.4. The van der Waals surface area contributed by atoms with Crippen LogP contribution in [-0.4, -0.2) is 68.6 Å². The minimum atomic E-state index is -4.69. The van der Waals surface area contributed by atoms with E-state index in [1.165, 1.54) is 12.1 Å². The second-order valence-corrected chi connectivity index (χ2v) is 9.00. The van der Waals surface area contributed by atoms with Crippen molar-refractivity contribution in [3.63, 3.8) is 0 Å². The van der Waals surface area contributed by atoms with E-state index in [1.54, 1.807) is 19.1 Å². The lowest BCUT2D eigenvalue weighted by Gasteiger charge is -2.41. The molecule has 2 heterocycles. The van der Waals surface area contributed by atoms with Gasteiger partial charge in [-0.1, -0.05) is 24.0 Å². The van der Waals surface area contributed by atoms with Crippen molar-refractivity contribution in [1.82, 2.24) is 9.80 Å². The Hall–Kier alpha value is -2.55. The number of morpholine rings is 2. The first kappa shape index (κ1) is 27.5. The third-order valence-electron chi connectivity index (χ3n) is 6.39. The van der Waals surface area contributed by atoms with Gasteiger partial charge in [-0.2, -0.15) is 13.2 Å². The molecule has 10 heteroatoms. The van der Waals surface area contributed by atoms with Gasteiger partial charge in [-0.15, -0.1) is 0 Å². The molecule has 2 aliphatic rings. The zero-order chi connectivity index (χ0) is 26.4. The first-order valence-corrected chi connectivity index (χ1v) is 12.1. The van der Waals surface area contributed by atoms with E-state index in [1.807, 2.05) is 4.90 Å². The van der Waals surface area contributed by atoms with Crippen LogP contribution in [0.25, 0.3) is 0 Å². The minimum Gasteiger partial charge on any atom is -0.379 e. The molecule has 2 aromatic rings. The molecule has 0 bridgehead atoms. The molecule has 37 heavy (non-hydrogen) atoms. The Morgan fingerprint density at radius 2 is 1.65 bits per heavy atom. The van der Waals surface area contributed by atoms with Gasteiger partial charge in [0.15, 0.2) is 6.29 Å². The van der Waals surface area contributed by atoms with Crippen LogP contribution in [-0.2, 0) is 20.4 Å².